The molecule has 0 radical (unpaired) electrons. The summed E-state index contributed by atoms with van der Waals surface area (Å²) in [5.74, 6) is -0.539. The summed E-state index contributed by atoms with van der Waals surface area (Å²) >= 11 is 11.2. The fourth-order valence-corrected chi connectivity index (χ4v) is 1.29. The lowest BCUT2D eigenvalue weighted by atomic mass is 10.2. The maximum absolute atomic E-state index is 13.0. The van der Waals surface area contributed by atoms with Gasteiger partial charge in [0, 0.05) is 6.61 Å². The highest BCUT2D eigenvalue weighted by Gasteiger charge is 2.05. The molecule has 0 bridgehead atoms. The van der Waals surface area contributed by atoms with Gasteiger partial charge in [-0.3, -0.25) is 0 Å². The van der Waals surface area contributed by atoms with Gasteiger partial charge >= 0.3 is 0 Å². The van der Waals surface area contributed by atoms with E-state index < -0.39 is 5.82 Å². The second-order valence-corrected chi connectivity index (χ2v) is 3.50. The minimum absolute atomic E-state index is 0.0639. The van der Waals surface area contributed by atoms with E-state index in [4.69, 9.17) is 28.3 Å². The van der Waals surface area contributed by atoms with Gasteiger partial charge < -0.3 is 5.11 Å². The maximum atomic E-state index is 13.0. The first-order chi connectivity index (χ1) is 6.65. The SMILES string of the molecule is OCCC=Cc1cc(F)c(Cl)c(Cl)c1. The van der Waals surface area contributed by atoms with Gasteiger partial charge in [0.05, 0.1) is 10.0 Å². The molecule has 1 aromatic rings. The number of rotatable bonds is 3. The molecule has 14 heavy (non-hydrogen) atoms. The van der Waals surface area contributed by atoms with Crippen LogP contribution in [0.3, 0.4) is 0 Å². The summed E-state index contributed by atoms with van der Waals surface area (Å²) in [5, 5.41) is 8.65. The van der Waals surface area contributed by atoms with E-state index in [0.717, 1.165) is 0 Å². The zero-order valence-corrected chi connectivity index (χ0v) is 8.82. The van der Waals surface area contributed by atoms with E-state index in [1.54, 1.807) is 18.2 Å². The van der Waals surface area contributed by atoms with Crippen LogP contribution in [0.1, 0.15) is 12.0 Å². The molecule has 0 heterocycles. The third kappa shape index (κ3) is 2.98. The van der Waals surface area contributed by atoms with E-state index in [-0.39, 0.29) is 16.7 Å². The summed E-state index contributed by atoms with van der Waals surface area (Å²) in [7, 11) is 0. The number of aliphatic hydroxyl groups excluding tert-OH is 1. The maximum Gasteiger partial charge on any atom is 0.143 e. The molecule has 0 fully saturated rings. The Labute approximate surface area is 91.8 Å². The molecule has 1 nitrogen and oxygen atoms in total. The van der Waals surface area contributed by atoms with Crippen molar-refractivity contribution in [3.8, 4) is 0 Å². The molecule has 0 amide bonds. The van der Waals surface area contributed by atoms with E-state index in [1.807, 2.05) is 0 Å². The summed E-state index contributed by atoms with van der Waals surface area (Å²) < 4.78 is 13.0. The highest BCUT2D eigenvalue weighted by Crippen LogP contribution is 2.26. The lowest BCUT2D eigenvalue weighted by molar-refractivity contribution is 0.303. The van der Waals surface area contributed by atoms with Crippen molar-refractivity contribution in [2.24, 2.45) is 0 Å². The molecule has 0 atom stereocenters. The van der Waals surface area contributed by atoms with Crippen LogP contribution in [-0.4, -0.2) is 11.7 Å². The van der Waals surface area contributed by atoms with Crippen molar-refractivity contribution in [3.63, 3.8) is 0 Å². The Balaban J connectivity index is 2.89. The topological polar surface area (TPSA) is 20.2 Å². The number of hydrogen-bond donors (Lipinski definition) is 1. The van der Waals surface area contributed by atoms with E-state index in [0.29, 0.717) is 12.0 Å². The zero-order valence-electron chi connectivity index (χ0n) is 7.30. The first kappa shape index (κ1) is 11.5. The minimum atomic E-state index is -0.539. The van der Waals surface area contributed by atoms with Gasteiger partial charge in [0.25, 0.3) is 0 Å². The lowest BCUT2D eigenvalue weighted by Crippen LogP contribution is -1.82. The van der Waals surface area contributed by atoms with Gasteiger partial charge in [-0.05, 0) is 24.1 Å². The lowest BCUT2D eigenvalue weighted by Gasteiger charge is -1.99. The van der Waals surface area contributed by atoms with Crippen LogP contribution in [-0.2, 0) is 0 Å². The van der Waals surface area contributed by atoms with Crippen molar-refractivity contribution < 1.29 is 9.50 Å². The Morgan fingerprint density at radius 2 is 2.07 bits per heavy atom. The fourth-order valence-electron chi connectivity index (χ4n) is 0.965. The Morgan fingerprint density at radius 3 is 2.64 bits per heavy atom. The van der Waals surface area contributed by atoms with Crippen LogP contribution in [0.5, 0.6) is 0 Å². The van der Waals surface area contributed by atoms with Gasteiger partial charge in [0.15, 0.2) is 0 Å². The molecular formula is C10H9Cl2FO. The highest BCUT2D eigenvalue weighted by molar-refractivity contribution is 6.42. The molecule has 0 saturated heterocycles. The Hall–Kier alpha value is -0.570. The standard InChI is InChI=1S/C10H9Cl2FO/c11-8-5-7(3-1-2-4-14)6-9(13)10(8)12/h1,3,5-6,14H,2,4H2. The zero-order chi connectivity index (χ0) is 10.6. The van der Waals surface area contributed by atoms with Crippen molar-refractivity contribution in [1.82, 2.24) is 0 Å². The largest absolute Gasteiger partial charge is 0.396 e. The van der Waals surface area contributed by atoms with E-state index in [9.17, 15) is 4.39 Å². The fraction of sp³-hybridized carbons (Fsp3) is 0.200. The van der Waals surface area contributed by atoms with Gasteiger partial charge in [0.2, 0.25) is 0 Å². The molecule has 1 N–H and O–H groups in total. The van der Waals surface area contributed by atoms with E-state index >= 15 is 0 Å². The van der Waals surface area contributed by atoms with Crippen molar-refractivity contribution in [1.29, 1.82) is 0 Å². The Morgan fingerprint density at radius 1 is 1.36 bits per heavy atom. The van der Waals surface area contributed by atoms with Crippen LogP contribution in [0.2, 0.25) is 10.0 Å². The summed E-state index contributed by atoms with van der Waals surface area (Å²) in [4.78, 5) is 0. The molecular weight excluding hydrogens is 226 g/mol. The van der Waals surface area contributed by atoms with Crippen molar-refractivity contribution in [2.45, 2.75) is 6.42 Å². The average Bonchev–Trinajstić information content (AvgIpc) is 2.14. The number of halogens is 3. The third-order valence-electron chi connectivity index (χ3n) is 1.61. The average molecular weight is 235 g/mol. The van der Waals surface area contributed by atoms with Gasteiger partial charge in [0.1, 0.15) is 5.82 Å². The molecule has 0 aromatic heterocycles. The predicted molar refractivity (Wildman–Crippen MR) is 57.2 cm³/mol. The summed E-state index contributed by atoms with van der Waals surface area (Å²) in [6, 6.07) is 2.86. The van der Waals surface area contributed by atoms with Gasteiger partial charge in [-0.2, -0.15) is 0 Å². The molecule has 1 rings (SSSR count). The first-order valence-corrected chi connectivity index (χ1v) is 4.82. The predicted octanol–water partition coefficient (Wildman–Crippen LogP) is 3.53. The van der Waals surface area contributed by atoms with E-state index in [2.05, 4.69) is 0 Å². The van der Waals surface area contributed by atoms with Gasteiger partial charge in [-0.1, -0.05) is 35.4 Å². The van der Waals surface area contributed by atoms with Gasteiger partial charge in [-0.25, -0.2) is 4.39 Å². The van der Waals surface area contributed by atoms with Crippen molar-refractivity contribution in [3.05, 3.63) is 39.6 Å². The quantitative estimate of drug-likeness (QED) is 0.794. The monoisotopic (exact) mass is 234 g/mol. The molecule has 76 valence electrons. The van der Waals surface area contributed by atoms with Crippen molar-refractivity contribution >= 4 is 29.3 Å². The second-order valence-electron chi connectivity index (χ2n) is 2.71. The van der Waals surface area contributed by atoms with Crippen molar-refractivity contribution in [2.75, 3.05) is 6.61 Å². The Kier molecular flexibility index (Phi) is 4.39. The van der Waals surface area contributed by atoms with E-state index in [1.165, 1.54) is 6.07 Å². The summed E-state index contributed by atoms with van der Waals surface area (Å²) in [6.07, 6.45) is 3.95. The molecule has 4 heteroatoms. The molecule has 0 aliphatic rings. The smallest absolute Gasteiger partial charge is 0.143 e. The molecule has 0 saturated carbocycles. The van der Waals surface area contributed by atoms with Crippen LogP contribution < -0.4 is 0 Å². The molecule has 0 spiro atoms. The van der Waals surface area contributed by atoms with Crippen LogP contribution in [0.25, 0.3) is 6.08 Å². The molecule has 0 aliphatic heterocycles. The summed E-state index contributed by atoms with van der Waals surface area (Å²) in [6.45, 7) is 0.0697. The molecule has 0 aliphatic carbocycles. The van der Waals surface area contributed by atoms with Crippen LogP contribution in [0.4, 0.5) is 4.39 Å². The minimum Gasteiger partial charge on any atom is -0.396 e. The number of hydrogen-bond acceptors (Lipinski definition) is 1. The molecule has 0 unspecified atom stereocenters. The third-order valence-corrected chi connectivity index (χ3v) is 2.39. The van der Waals surface area contributed by atoms with Crippen LogP contribution in [0, 0.1) is 5.82 Å². The van der Waals surface area contributed by atoms with Gasteiger partial charge in [-0.15, -0.1) is 0 Å². The second kappa shape index (κ2) is 5.35. The highest BCUT2D eigenvalue weighted by atomic mass is 35.5. The van der Waals surface area contributed by atoms with Crippen LogP contribution >= 0.6 is 23.2 Å². The number of aliphatic hydroxyl groups is 1. The number of benzene rings is 1. The Bertz CT molecular complexity index is 327. The van der Waals surface area contributed by atoms with Crippen LogP contribution in [0.15, 0.2) is 18.2 Å². The molecule has 1 aromatic carbocycles. The first-order valence-electron chi connectivity index (χ1n) is 4.07. The normalized spacial score (nSPS) is 11.1. The summed E-state index contributed by atoms with van der Waals surface area (Å²) in [5.41, 5.74) is 0.630.